The van der Waals surface area contributed by atoms with Gasteiger partial charge in [0.1, 0.15) is 0 Å². The Morgan fingerprint density at radius 3 is 3.09 bits per heavy atom. The molecule has 60 valence electrons. The van der Waals surface area contributed by atoms with Gasteiger partial charge in [0.15, 0.2) is 0 Å². The molecule has 0 radical (unpaired) electrons. The Labute approximate surface area is 66.4 Å². The van der Waals surface area contributed by atoms with E-state index in [9.17, 15) is 0 Å². The molecule has 0 atom stereocenters. The van der Waals surface area contributed by atoms with E-state index >= 15 is 0 Å². The summed E-state index contributed by atoms with van der Waals surface area (Å²) in [5, 5.41) is 3.44. The molecule has 3 nitrogen and oxygen atoms in total. The quantitative estimate of drug-likeness (QED) is 0.688. The minimum Gasteiger partial charge on any atom is -0.337 e. The summed E-state index contributed by atoms with van der Waals surface area (Å²) < 4.78 is 2.05. The number of imidazole rings is 1. The van der Waals surface area contributed by atoms with Gasteiger partial charge in [0, 0.05) is 25.8 Å². The Balaban J connectivity index is 1.89. The number of hydrogen-bond acceptors (Lipinski definition) is 2. The molecular formula is C8H13N3. The second-order valence-electron chi connectivity index (χ2n) is 3.15. The van der Waals surface area contributed by atoms with Crippen LogP contribution in [0.2, 0.25) is 0 Å². The molecule has 0 spiro atoms. The fourth-order valence-corrected chi connectivity index (χ4v) is 1.09. The van der Waals surface area contributed by atoms with Crippen LogP contribution in [0.5, 0.6) is 0 Å². The van der Waals surface area contributed by atoms with Gasteiger partial charge in [0.25, 0.3) is 0 Å². The van der Waals surface area contributed by atoms with Crippen molar-refractivity contribution in [3.8, 4) is 0 Å². The monoisotopic (exact) mass is 151 g/mol. The van der Waals surface area contributed by atoms with E-state index in [1.165, 1.54) is 18.5 Å². The highest BCUT2D eigenvalue weighted by atomic mass is 15.1. The van der Waals surface area contributed by atoms with Crippen molar-refractivity contribution >= 4 is 0 Å². The van der Waals surface area contributed by atoms with E-state index < -0.39 is 0 Å². The Kier molecular flexibility index (Phi) is 1.66. The molecule has 1 heterocycles. The topological polar surface area (TPSA) is 29.9 Å². The molecule has 0 saturated heterocycles. The summed E-state index contributed by atoms with van der Waals surface area (Å²) in [5.41, 5.74) is 1.26. The fourth-order valence-electron chi connectivity index (χ4n) is 1.09. The largest absolute Gasteiger partial charge is 0.337 e. The van der Waals surface area contributed by atoms with Crippen molar-refractivity contribution in [2.45, 2.75) is 25.4 Å². The summed E-state index contributed by atoms with van der Waals surface area (Å²) in [7, 11) is 2.02. The normalized spacial score (nSPS) is 17.2. The fraction of sp³-hybridized carbons (Fsp3) is 0.625. The molecule has 1 aliphatic rings. The number of aryl methyl sites for hydroxylation is 1. The summed E-state index contributed by atoms with van der Waals surface area (Å²) in [6.07, 6.45) is 6.44. The molecule has 1 aromatic heterocycles. The molecule has 0 unspecified atom stereocenters. The SMILES string of the molecule is Cn1cncc1CNC1CC1. The molecular weight excluding hydrogens is 138 g/mol. The van der Waals surface area contributed by atoms with Gasteiger partial charge in [-0.25, -0.2) is 4.98 Å². The van der Waals surface area contributed by atoms with Gasteiger partial charge in [-0.15, -0.1) is 0 Å². The number of nitrogens with one attached hydrogen (secondary N) is 1. The van der Waals surface area contributed by atoms with E-state index in [0.29, 0.717) is 0 Å². The van der Waals surface area contributed by atoms with Gasteiger partial charge in [-0.2, -0.15) is 0 Å². The maximum Gasteiger partial charge on any atom is 0.0945 e. The van der Waals surface area contributed by atoms with E-state index in [4.69, 9.17) is 0 Å². The van der Waals surface area contributed by atoms with Crippen LogP contribution in [-0.2, 0) is 13.6 Å². The predicted molar refractivity (Wildman–Crippen MR) is 43.1 cm³/mol. The lowest BCUT2D eigenvalue weighted by Crippen LogP contribution is -2.16. The Hall–Kier alpha value is -0.830. The van der Waals surface area contributed by atoms with Crippen LogP contribution < -0.4 is 5.32 Å². The third-order valence-corrected chi connectivity index (χ3v) is 2.07. The zero-order chi connectivity index (χ0) is 7.68. The van der Waals surface area contributed by atoms with Crippen molar-refractivity contribution in [3.05, 3.63) is 18.2 Å². The molecule has 0 bridgehead atoms. The van der Waals surface area contributed by atoms with Crippen LogP contribution in [0.4, 0.5) is 0 Å². The number of aromatic nitrogens is 2. The highest BCUT2D eigenvalue weighted by molar-refractivity contribution is 4.98. The molecule has 1 aliphatic carbocycles. The number of rotatable bonds is 3. The van der Waals surface area contributed by atoms with Crippen molar-refractivity contribution in [1.82, 2.24) is 14.9 Å². The third-order valence-electron chi connectivity index (χ3n) is 2.07. The first-order valence-corrected chi connectivity index (χ1v) is 4.05. The second-order valence-corrected chi connectivity index (χ2v) is 3.15. The highest BCUT2D eigenvalue weighted by Gasteiger charge is 2.20. The van der Waals surface area contributed by atoms with Crippen LogP contribution in [0.3, 0.4) is 0 Å². The van der Waals surface area contributed by atoms with Crippen LogP contribution in [-0.4, -0.2) is 15.6 Å². The van der Waals surface area contributed by atoms with E-state index in [0.717, 1.165) is 12.6 Å². The Bertz CT molecular complexity index is 237. The van der Waals surface area contributed by atoms with Crippen LogP contribution in [0.15, 0.2) is 12.5 Å². The predicted octanol–water partition coefficient (Wildman–Crippen LogP) is 0.672. The van der Waals surface area contributed by atoms with Crippen LogP contribution in [0.1, 0.15) is 18.5 Å². The molecule has 11 heavy (non-hydrogen) atoms. The van der Waals surface area contributed by atoms with Gasteiger partial charge in [0.05, 0.1) is 12.0 Å². The molecule has 2 rings (SSSR count). The average molecular weight is 151 g/mol. The Morgan fingerprint density at radius 1 is 1.73 bits per heavy atom. The van der Waals surface area contributed by atoms with Gasteiger partial charge in [-0.3, -0.25) is 0 Å². The zero-order valence-electron chi connectivity index (χ0n) is 6.75. The van der Waals surface area contributed by atoms with E-state index in [2.05, 4.69) is 14.9 Å². The van der Waals surface area contributed by atoms with E-state index in [1.54, 1.807) is 0 Å². The van der Waals surface area contributed by atoms with Gasteiger partial charge < -0.3 is 9.88 Å². The number of nitrogens with zero attached hydrogens (tertiary/aromatic N) is 2. The minimum atomic E-state index is 0.782. The van der Waals surface area contributed by atoms with Crippen molar-refractivity contribution in [1.29, 1.82) is 0 Å². The van der Waals surface area contributed by atoms with E-state index in [1.807, 2.05) is 19.6 Å². The first kappa shape index (κ1) is 6.85. The second kappa shape index (κ2) is 2.66. The molecule has 0 aliphatic heterocycles. The molecule has 0 amide bonds. The van der Waals surface area contributed by atoms with Gasteiger partial charge >= 0.3 is 0 Å². The van der Waals surface area contributed by atoms with Crippen molar-refractivity contribution in [2.75, 3.05) is 0 Å². The highest BCUT2D eigenvalue weighted by Crippen LogP contribution is 2.18. The minimum absolute atomic E-state index is 0.782. The molecule has 1 N–H and O–H groups in total. The Morgan fingerprint density at radius 2 is 2.55 bits per heavy atom. The zero-order valence-corrected chi connectivity index (χ0v) is 6.75. The summed E-state index contributed by atoms with van der Waals surface area (Å²) in [6, 6.07) is 0.782. The maximum atomic E-state index is 4.04. The number of hydrogen-bond donors (Lipinski definition) is 1. The lowest BCUT2D eigenvalue weighted by molar-refractivity contribution is 0.651. The first-order chi connectivity index (χ1) is 5.36. The third kappa shape index (κ3) is 1.60. The average Bonchev–Trinajstić information content (AvgIpc) is 2.73. The smallest absolute Gasteiger partial charge is 0.0945 e. The van der Waals surface area contributed by atoms with Gasteiger partial charge in [0.2, 0.25) is 0 Å². The molecule has 1 saturated carbocycles. The van der Waals surface area contributed by atoms with Crippen LogP contribution in [0.25, 0.3) is 0 Å². The van der Waals surface area contributed by atoms with Crippen molar-refractivity contribution in [3.63, 3.8) is 0 Å². The summed E-state index contributed by atoms with van der Waals surface area (Å²) in [4.78, 5) is 4.04. The van der Waals surface area contributed by atoms with Gasteiger partial charge in [-0.05, 0) is 12.8 Å². The van der Waals surface area contributed by atoms with Crippen molar-refractivity contribution in [2.24, 2.45) is 7.05 Å². The molecule has 3 heteroatoms. The van der Waals surface area contributed by atoms with Crippen molar-refractivity contribution < 1.29 is 0 Å². The summed E-state index contributed by atoms with van der Waals surface area (Å²) >= 11 is 0. The van der Waals surface area contributed by atoms with E-state index in [-0.39, 0.29) is 0 Å². The lowest BCUT2D eigenvalue weighted by atomic mass is 10.4. The molecule has 1 aromatic rings. The molecule has 0 aromatic carbocycles. The summed E-state index contributed by atoms with van der Waals surface area (Å²) in [6.45, 7) is 0.959. The van der Waals surface area contributed by atoms with Gasteiger partial charge in [-0.1, -0.05) is 0 Å². The lowest BCUT2D eigenvalue weighted by Gasteiger charge is -2.02. The first-order valence-electron chi connectivity index (χ1n) is 4.05. The summed E-state index contributed by atoms with van der Waals surface area (Å²) in [5.74, 6) is 0. The van der Waals surface area contributed by atoms with Crippen LogP contribution >= 0.6 is 0 Å². The van der Waals surface area contributed by atoms with Crippen LogP contribution in [0, 0.1) is 0 Å². The maximum absolute atomic E-state index is 4.04. The molecule has 1 fully saturated rings. The standard InChI is InChI=1S/C8H13N3/c1-11-6-9-4-8(11)5-10-7-2-3-7/h4,6-7,10H,2-3,5H2,1H3.